The fraction of sp³-hybridized carbons (Fsp3) is 0.364. The lowest BCUT2D eigenvalue weighted by molar-refractivity contribution is 0.649. The Morgan fingerprint density at radius 3 is 3.12 bits per heavy atom. The Bertz CT molecular complexity index is 395. The lowest BCUT2D eigenvalue weighted by atomic mass is 10.1. The summed E-state index contributed by atoms with van der Waals surface area (Å²) < 4.78 is 0. The van der Waals surface area contributed by atoms with Gasteiger partial charge in [-0.2, -0.15) is 5.10 Å². The highest BCUT2D eigenvalue weighted by Gasteiger charge is 2.10. The Labute approximate surface area is 104 Å². The van der Waals surface area contributed by atoms with Crippen LogP contribution in [0.1, 0.15) is 6.42 Å². The minimum Gasteiger partial charge on any atom is -0.398 e. The van der Waals surface area contributed by atoms with Crippen LogP contribution >= 0.6 is 23.4 Å². The molecular weight excluding hydrogens is 242 g/mol. The molecule has 0 saturated carbocycles. The molecule has 0 aromatic heterocycles. The Morgan fingerprint density at radius 1 is 1.56 bits per heavy atom. The minimum absolute atomic E-state index is 0.557. The van der Waals surface area contributed by atoms with E-state index in [0.29, 0.717) is 10.9 Å². The number of thioether (sulfide) groups is 1. The second-order valence-corrected chi connectivity index (χ2v) is 5.29. The number of halogens is 1. The van der Waals surface area contributed by atoms with E-state index in [1.165, 1.54) is 0 Å². The standard InChI is InChI=1S/C11H14ClN3S/c12-9-1-2-11(10(13)5-9)16-4-3-8-6-14-15-7-8/h1-2,5-6,8,15H,3-4,7,13H2. The van der Waals surface area contributed by atoms with Crippen molar-refractivity contribution in [2.75, 3.05) is 18.0 Å². The maximum absolute atomic E-state index is 5.87. The van der Waals surface area contributed by atoms with Crippen molar-refractivity contribution in [3.05, 3.63) is 23.2 Å². The van der Waals surface area contributed by atoms with Gasteiger partial charge >= 0.3 is 0 Å². The number of rotatable bonds is 4. The third-order valence-electron chi connectivity index (χ3n) is 2.45. The van der Waals surface area contributed by atoms with Gasteiger partial charge in [0.1, 0.15) is 0 Å². The van der Waals surface area contributed by atoms with Crippen molar-refractivity contribution in [1.29, 1.82) is 0 Å². The van der Waals surface area contributed by atoms with Crippen LogP contribution in [-0.2, 0) is 0 Å². The summed E-state index contributed by atoms with van der Waals surface area (Å²) in [5, 5.41) is 4.68. The SMILES string of the molecule is Nc1cc(Cl)ccc1SCCC1C=NNC1. The van der Waals surface area contributed by atoms with Crippen LogP contribution < -0.4 is 11.2 Å². The summed E-state index contributed by atoms with van der Waals surface area (Å²) in [7, 11) is 0. The van der Waals surface area contributed by atoms with E-state index in [1.54, 1.807) is 17.8 Å². The van der Waals surface area contributed by atoms with Crippen molar-refractivity contribution in [2.45, 2.75) is 11.3 Å². The molecule has 3 N–H and O–H groups in total. The first-order valence-electron chi connectivity index (χ1n) is 5.19. The van der Waals surface area contributed by atoms with Gasteiger partial charge in [-0.15, -0.1) is 11.8 Å². The van der Waals surface area contributed by atoms with Gasteiger partial charge in [-0.25, -0.2) is 0 Å². The molecule has 2 rings (SSSR count). The van der Waals surface area contributed by atoms with Crippen molar-refractivity contribution in [3.63, 3.8) is 0 Å². The summed E-state index contributed by atoms with van der Waals surface area (Å²) in [4.78, 5) is 1.10. The maximum atomic E-state index is 5.87. The Hall–Kier alpha value is -0.870. The topological polar surface area (TPSA) is 50.4 Å². The molecule has 1 heterocycles. The van der Waals surface area contributed by atoms with Crippen LogP contribution in [0.4, 0.5) is 5.69 Å². The Morgan fingerprint density at radius 2 is 2.44 bits per heavy atom. The molecule has 1 aromatic carbocycles. The first-order chi connectivity index (χ1) is 7.75. The van der Waals surface area contributed by atoms with Gasteiger partial charge in [0.2, 0.25) is 0 Å². The van der Waals surface area contributed by atoms with Crippen molar-refractivity contribution < 1.29 is 0 Å². The van der Waals surface area contributed by atoms with Crippen molar-refractivity contribution in [3.8, 4) is 0 Å². The second kappa shape index (κ2) is 5.46. The molecule has 0 fully saturated rings. The van der Waals surface area contributed by atoms with Gasteiger partial charge in [-0.05, 0) is 30.4 Å². The van der Waals surface area contributed by atoms with Gasteiger partial charge in [0.15, 0.2) is 0 Å². The summed E-state index contributed by atoms with van der Waals surface area (Å²) in [6, 6.07) is 5.64. The number of nitrogens with one attached hydrogen (secondary N) is 1. The number of nitrogen functional groups attached to an aromatic ring is 1. The fourth-order valence-electron chi connectivity index (χ4n) is 1.53. The fourth-order valence-corrected chi connectivity index (χ4v) is 2.74. The van der Waals surface area contributed by atoms with Crippen LogP contribution in [0.2, 0.25) is 5.02 Å². The summed E-state index contributed by atoms with van der Waals surface area (Å²) >= 11 is 7.61. The van der Waals surface area contributed by atoms with E-state index in [2.05, 4.69) is 10.5 Å². The monoisotopic (exact) mass is 255 g/mol. The van der Waals surface area contributed by atoms with Crippen molar-refractivity contribution >= 4 is 35.3 Å². The number of nitrogens with two attached hydrogens (primary N) is 1. The summed E-state index contributed by atoms with van der Waals surface area (Å²) in [5.41, 5.74) is 9.59. The van der Waals surface area contributed by atoms with Gasteiger partial charge in [0.25, 0.3) is 0 Å². The average molecular weight is 256 g/mol. The first kappa shape index (κ1) is 11.6. The van der Waals surface area contributed by atoms with E-state index in [-0.39, 0.29) is 0 Å². The van der Waals surface area contributed by atoms with E-state index in [9.17, 15) is 0 Å². The van der Waals surface area contributed by atoms with E-state index in [4.69, 9.17) is 17.3 Å². The van der Waals surface area contributed by atoms with Crippen molar-refractivity contribution in [2.24, 2.45) is 11.0 Å². The molecule has 0 bridgehead atoms. The first-order valence-corrected chi connectivity index (χ1v) is 6.56. The zero-order valence-corrected chi connectivity index (χ0v) is 10.4. The van der Waals surface area contributed by atoms with Crippen LogP contribution in [0.5, 0.6) is 0 Å². The molecule has 1 aromatic rings. The molecule has 0 amide bonds. The molecule has 3 nitrogen and oxygen atoms in total. The lowest BCUT2D eigenvalue weighted by Crippen LogP contribution is -2.10. The molecule has 1 atom stereocenters. The molecule has 5 heteroatoms. The molecule has 1 aliphatic heterocycles. The lowest BCUT2D eigenvalue weighted by Gasteiger charge is -2.07. The van der Waals surface area contributed by atoms with Crippen LogP contribution in [-0.4, -0.2) is 18.5 Å². The number of hydrogen-bond donors (Lipinski definition) is 2. The minimum atomic E-state index is 0.557. The smallest absolute Gasteiger partial charge is 0.0467 e. The molecule has 0 radical (unpaired) electrons. The van der Waals surface area contributed by atoms with Gasteiger partial charge in [0, 0.05) is 34.3 Å². The number of anilines is 1. The zero-order chi connectivity index (χ0) is 11.4. The molecule has 0 saturated heterocycles. The van der Waals surface area contributed by atoms with E-state index < -0.39 is 0 Å². The van der Waals surface area contributed by atoms with Gasteiger partial charge < -0.3 is 11.2 Å². The van der Waals surface area contributed by atoms with E-state index in [0.717, 1.165) is 29.3 Å². The van der Waals surface area contributed by atoms with Gasteiger partial charge in [-0.3, -0.25) is 0 Å². The zero-order valence-electron chi connectivity index (χ0n) is 8.82. The molecule has 0 spiro atoms. The number of hydrazone groups is 1. The molecule has 0 aliphatic carbocycles. The summed E-state index contributed by atoms with van der Waals surface area (Å²) in [6.45, 7) is 0.955. The molecule has 86 valence electrons. The highest BCUT2D eigenvalue weighted by atomic mass is 35.5. The summed E-state index contributed by atoms with van der Waals surface area (Å²) in [5.74, 6) is 1.60. The van der Waals surface area contributed by atoms with E-state index >= 15 is 0 Å². The average Bonchev–Trinajstić information content (AvgIpc) is 2.74. The predicted octanol–water partition coefficient (Wildman–Crippen LogP) is 2.61. The Kier molecular flexibility index (Phi) is 3.96. The van der Waals surface area contributed by atoms with Crippen LogP contribution in [0.3, 0.4) is 0 Å². The highest BCUT2D eigenvalue weighted by Crippen LogP contribution is 2.28. The highest BCUT2D eigenvalue weighted by molar-refractivity contribution is 7.99. The molecular formula is C11H14ClN3S. The van der Waals surface area contributed by atoms with Gasteiger partial charge in [0.05, 0.1) is 0 Å². The normalized spacial score (nSPS) is 18.7. The number of nitrogens with zero attached hydrogens (tertiary/aromatic N) is 1. The predicted molar refractivity (Wildman–Crippen MR) is 71.2 cm³/mol. The second-order valence-electron chi connectivity index (χ2n) is 3.72. The molecule has 1 aliphatic rings. The van der Waals surface area contributed by atoms with Crippen LogP contribution in [0.25, 0.3) is 0 Å². The van der Waals surface area contributed by atoms with Gasteiger partial charge in [-0.1, -0.05) is 11.6 Å². The molecule has 1 unspecified atom stereocenters. The third kappa shape index (κ3) is 3.06. The van der Waals surface area contributed by atoms with Crippen LogP contribution in [0.15, 0.2) is 28.2 Å². The maximum Gasteiger partial charge on any atom is 0.0467 e. The number of hydrogen-bond acceptors (Lipinski definition) is 4. The third-order valence-corrected chi connectivity index (χ3v) is 3.81. The largest absolute Gasteiger partial charge is 0.398 e. The van der Waals surface area contributed by atoms with Crippen LogP contribution in [0, 0.1) is 5.92 Å². The van der Waals surface area contributed by atoms with E-state index in [1.807, 2.05) is 18.3 Å². The van der Waals surface area contributed by atoms with Crippen molar-refractivity contribution in [1.82, 2.24) is 5.43 Å². The summed E-state index contributed by atoms with van der Waals surface area (Å²) in [6.07, 6.45) is 3.09. The number of benzene rings is 1. The quantitative estimate of drug-likeness (QED) is 0.642. The molecule has 16 heavy (non-hydrogen) atoms. The Balaban J connectivity index is 1.82.